The first-order chi connectivity index (χ1) is 11.3. The number of ether oxygens (including phenoxy) is 3. The number of carbonyl (C=O) groups excluding carboxylic acids is 1. The first-order valence-corrected chi connectivity index (χ1v) is 7.19. The highest BCUT2D eigenvalue weighted by atomic mass is 16.6. The zero-order chi connectivity index (χ0) is 16.1. The molecule has 1 heterocycles. The highest BCUT2D eigenvalue weighted by Gasteiger charge is 2.13. The molecule has 0 amide bonds. The molecule has 0 atom stereocenters. The fourth-order valence-corrected chi connectivity index (χ4v) is 2.12. The van der Waals surface area contributed by atoms with Crippen LogP contribution in [-0.2, 0) is 4.74 Å². The number of furan rings is 1. The molecule has 0 aliphatic rings. The molecule has 5 heteroatoms. The smallest absolute Gasteiger partial charge is 0.374 e. The van der Waals surface area contributed by atoms with Gasteiger partial charge < -0.3 is 18.6 Å². The minimum absolute atomic E-state index is 0.141. The molecule has 0 fully saturated rings. The van der Waals surface area contributed by atoms with E-state index in [0.29, 0.717) is 11.3 Å². The summed E-state index contributed by atoms with van der Waals surface area (Å²) in [5, 5.41) is 0.869. The zero-order valence-corrected chi connectivity index (χ0v) is 12.7. The third-order valence-electron chi connectivity index (χ3n) is 3.27. The molecule has 23 heavy (non-hydrogen) atoms. The third kappa shape index (κ3) is 3.63. The highest BCUT2D eigenvalue weighted by Crippen LogP contribution is 2.19. The van der Waals surface area contributed by atoms with Crippen LogP contribution in [-0.4, -0.2) is 26.3 Å². The fourth-order valence-electron chi connectivity index (χ4n) is 2.12. The van der Waals surface area contributed by atoms with Gasteiger partial charge in [0.1, 0.15) is 30.3 Å². The van der Waals surface area contributed by atoms with Gasteiger partial charge in [-0.05, 0) is 36.4 Å². The number of methoxy groups -OCH3 is 1. The van der Waals surface area contributed by atoms with Crippen molar-refractivity contribution in [1.82, 2.24) is 0 Å². The molecule has 0 aliphatic carbocycles. The van der Waals surface area contributed by atoms with Crippen molar-refractivity contribution in [2.24, 2.45) is 0 Å². The van der Waals surface area contributed by atoms with Crippen LogP contribution >= 0.6 is 0 Å². The van der Waals surface area contributed by atoms with E-state index in [9.17, 15) is 4.79 Å². The van der Waals surface area contributed by atoms with Crippen molar-refractivity contribution >= 4 is 16.9 Å². The third-order valence-corrected chi connectivity index (χ3v) is 3.27. The number of benzene rings is 2. The molecule has 0 radical (unpaired) electrons. The number of rotatable bonds is 6. The largest absolute Gasteiger partial charge is 0.497 e. The predicted molar refractivity (Wildman–Crippen MR) is 85.0 cm³/mol. The first kappa shape index (κ1) is 15.0. The number of esters is 1. The molecule has 0 saturated carbocycles. The minimum Gasteiger partial charge on any atom is -0.497 e. The predicted octanol–water partition coefficient (Wildman–Crippen LogP) is 3.68. The molecule has 3 aromatic rings. The maximum Gasteiger partial charge on any atom is 0.374 e. The van der Waals surface area contributed by atoms with E-state index in [2.05, 4.69) is 0 Å². The van der Waals surface area contributed by atoms with Crippen LogP contribution in [0.5, 0.6) is 11.5 Å². The molecule has 118 valence electrons. The van der Waals surface area contributed by atoms with Gasteiger partial charge in [0.05, 0.1) is 7.11 Å². The van der Waals surface area contributed by atoms with Gasteiger partial charge in [0, 0.05) is 5.39 Å². The van der Waals surface area contributed by atoms with Crippen LogP contribution in [0.2, 0.25) is 0 Å². The van der Waals surface area contributed by atoms with Crippen molar-refractivity contribution in [1.29, 1.82) is 0 Å². The lowest BCUT2D eigenvalue weighted by atomic mass is 10.2. The summed E-state index contributed by atoms with van der Waals surface area (Å²) in [5.74, 6) is 1.13. The highest BCUT2D eigenvalue weighted by molar-refractivity contribution is 5.92. The van der Waals surface area contributed by atoms with E-state index in [4.69, 9.17) is 18.6 Å². The van der Waals surface area contributed by atoms with E-state index >= 15 is 0 Å². The number of hydrogen-bond acceptors (Lipinski definition) is 5. The van der Waals surface area contributed by atoms with Crippen molar-refractivity contribution in [3.05, 3.63) is 60.4 Å². The Bertz CT molecular complexity index is 756. The van der Waals surface area contributed by atoms with E-state index in [0.717, 1.165) is 11.1 Å². The molecule has 3 rings (SSSR count). The molecule has 0 N–H and O–H groups in total. The lowest BCUT2D eigenvalue weighted by molar-refractivity contribution is 0.0417. The molecule has 0 saturated heterocycles. The van der Waals surface area contributed by atoms with E-state index in [1.54, 1.807) is 43.5 Å². The molecule has 0 bridgehead atoms. The second kappa shape index (κ2) is 6.87. The molecular formula is C18H16O5. The van der Waals surface area contributed by atoms with Gasteiger partial charge in [0.25, 0.3) is 0 Å². The number of hydrogen-bond donors (Lipinski definition) is 0. The Kier molecular flexibility index (Phi) is 4.47. The first-order valence-electron chi connectivity index (χ1n) is 7.19. The molecule has 2 aromatic carbocycles. The van der Waals surface area contributed by atoms with Crippen LogP contribution in [0.4, 0.5) is 0 Å². The average Bonchev–Trinajstić information content (AvgIpc) is 3.03. The van der Waals surface area contributed by atoms with E-state index < -0.39 is 5.97 Å². The Morgan fingerprint density at radius 2 is 1.74 bits per heavy atom. The summed E-state index contributed by atoms with van der Waals surface area (Å²) in [6.45, 7) is 0.403. The van der Waals surface area contributed by atoms with Gasteiger partial charge in [-0.1, -0.05) is 18.2 Å². The maximum absolute atomic E-state index is 11.9. The van der Waals surface area contributed by atoms with Crippen molar-refractivity contribution < 1.29 is 23.4 Å². The van der Waals surface area contributed by atoms with Gasteiger partial charge in [-0.25, -0.2) is 4.79 Å². The molecular weight excluding hydrogens is 296 g/mol. The van der Waals surface area contributed by atoms with Gasteiger partial charge in [-0.15, -0.1) is 0 Å². The Balaban J connectivity index is 1.48. The lowest BCUT2D eigenvalue weighted by Gasteiger charge is -2.07. The van der Waals surface area contributed by atoms with Gasteiger partial charge in [-0.2, -0.15) is 0 Å². The Morgan fingerprint density at radius 1 is 1.00 bits per heavy atom. The Hall–Kier alpha value is -2.95. The molecule has 0 unspecified atom stereocenters. The summed E-state index contributed by atoms with van der Waals surface area (Å²) in [5.41, 5.74) is 0.661. The van der Waals surface area contributed by atoms with Crippen LogP contribution < -0.4 is 9.47 Å². The standard InChI is InChI=1S/C18H16O5/c1-20-14-6-8-15(9-7-14)21-10-11-22-18(19)17-12-13-4-2-3-5-16(13)23-17/h2-9,12H,10-11H2,1H3. The summed E-state index contributed by atoms with van der Waals surface area (Å²) in [4.78, 5) is 11.9. The van der Waals surface area contributed by atoms with Crippen LogP contribution in [0.15, 0.2) is 59.0 Å². The summed E-state index contributed by atoms with van der Waals surface area (Å²) in [6, 6.07) is 16.3. The van der Waals surface area contributed by atoms with E-state index in [1.165, 1.54) is 0 Å². The van der Waals surface area contributed by atoms with Gasteiger partial charge in [0.15, 0.2) is 0 Å². The van der Waals surface area contributed by atoms with E-state index in [1.807, 2.05) is 18.2 Å². The van der Waals surface area contributed by atoms with Gasteiger partial charge in [-0.3, -0.25) is 0 Å². The molecule has 5 nitrogen and oxygen atoms in total. The monoisotopic (exact) mass is 312 g/mol. The van der Waals surface area contributed by atoms with Crippen LogP contribution in [0.3, 0.4) is 0 Å². The normalized spacial score (nSPS) is 10.5. The van der Waals surface area contributed by atoms with Crippen molar-refractivity contribution in [2.45, 2.75) is 0 Å². The minimum atomic E-state index is -0.500. The van der Waals surface area contributed by atoms with Crippen LogP contribution in [0.25, 0.3) is 11.0 Å². The second-order valence-corrected chi connectivity index (χ2v) is 4.81. The second-order valence-electron chi connectivity index (χ2n) is 4.81. The maximum atomic E-state index is 11.9. The van der Waals surface area contributed by atoms with Crippen molar-refractivity contribution in [3.63, 3.8) is 0 Å². The lowest BCUT2D eigenvalue weighted by Crippen LogP contribution is -2.11. The van der Waals surface area contributed by atoms with Crippen molar-refractivity contribution in [3.8, 4) is 11.5 Å². The molecule has 1 aromatic heterocycles. The molecule has 0 spiro atoms. The van der Waals surface area contributed by atoms with Crippen LogP contribution in [0, 0.1) is 0 Å². The number of fused-ring (bicyclic) bond motifs is 1. The number of carbonyl (C=O) groups is 1. The van der Waals surface area contributed by atoms with Crippen molar-refractivity contribution in [2.75, 3.05) is 20.3 Å². The topological polar surface area (TPSA) is 57.9 Å². The summed E-state index contributed by atoms with van der Waals surface area (Å²) < 4.78 is 21.1. The average molecular weight is 312 g/mol. The Morgan fingerprint density at radius 3 is 2.48 bits per heavy atom. The van der Waals surface area contributed by atoms with E-state index in [-0.39, 0.29) is 19.0 Å². The van der Waals surface area contributed by atoms with Crippen LogP contribution in [0.1, 0.15) is 10.6 Å². The van der Waals surface area contributed by atoms with Gasteiger partial charge in [0.2, 0.25) is 5.76 Å². The summed E-state index contributed by atoms with van der Waals surface area (Å²) >= 11 is 0. The SMILES string of the molecule is COc1ccc(OCCOC(=O)c2cc3ccccc3o2)cc1. The molecule has 0 aliphatic heterocycles. The number of para-hydroxylation sites is 1. The fraction of sp³-hybridized carbons (Fsp3) is 0.167. The quantitative estimate of drug-likeness (QED) is 0.513. The summed E-state index contributed by atoms with van der Waals surface area (Å²) in [6.07, 6.45) is 0. The summed E-state index contributed by atoms with van der Waals surface area (Å²) in [7, 11) is 1.60. The Labute approximate surface area is 133 Å². The van der Waals surface area contributed by atoms with Gasteiger partial charge >= 0.3 is 5.97 Å². The zero-order valence-electron chi connectivity index (χ0n) is 12.7.